The van der Waals surface area contributed by atoms with Gasteiger partial charge in [-0.25, -0.2) is 4.98 Å². The van der Waals surface area contributed by atoms with Gasteiger partial charge in [0.25, 0.3) is 0 Å². The zero-order chi connectivity index (χ0) is 21.7. The highest BCUT2D eigenvalue weighted by Crippen LogP contribution is 2.28. The van der Waals surface area contributed by atoms with Crippen LogP contribution in [0.1, 0.15) is 50.2 Å². The van der Waals surface area contributed by atoms with Crippen LogP contribution in [0.4, 0.5) is 5.69 Å². The molecule has 1 atom stereocenters. The van der Waals surface area contributed by atoms with Crippen molar-refractivity contribution in [2.75, 3.05) is 18.2 Å². The summed E-state index contributed by atoms with van der Waals surface area (Å²) in [5.41, 5.74) is 4.65. The fraction of sp³-hybridized carbons (Fsp3) is 0.417. The number of benzene rings is 2. The number of hydrogen-bond acceptors (Lipinski definition) is 4. The second-order valence-corrected chi connectivity index (χ2v) is 7.35. The largest absolute Gasteiger partial charge is 0.385 e. The molecule has 2 aromatic carbocycles. The fourth-order valence-electron chi connectivity index (χ4n) is 3.75. The average molecular weight is 410 g/mol. The van der Waals surface area contributed by atoms with Crippen molar-refractivity contribution >= 4 is 22.6 Å². The number of para-hydroxylation sites is 3. The van der Waals surface area contributed by atoms with Crippen molar-refractivity contribution in [3.05, 3.63) is 59.4 Å². The molecule has 0 fully saturated rings. The minimum atomic E-state index is -0.727. The Bertz CT molecular complexity index is 1010. The lowest BCUT2D eigenvalue weighted by Gasteiger charge is -2.27. The molecule has 1 amide bonds. The number of aliphatic hydroxyl groups is 1. The Hall–Kier alpha value is -2.70. The summed E-state index contributed by atoms with van der Waals surface area (Å²) in [6.45, 7) is 8.70. The van der Waals surface area contributed by atoms with Crippen LogP contribution >= 0.6 is 0 Å². The van der Waals surface area contributed by atoms with Crippen LogP contribution in [0.25, 0.3) is 11.0 Å². The molecule has 0 unspecified atom stereocenters. The summed E-state index contributed by atoms with van der Waals surface area (Å²) in [5, 5.41) is 10.5. The molecule has 3 rings (SSSR count). The van der Waals surface area contributed by atoms with Gasteiger partial charge in [0, 0.05) is 6.61 Å². The summed E-state index contributed by atoms with van der Waals surface area (Å²) in [6, 6.07) is 13.7. The Morgan fingerprint density at radius 3 is 2.63 bits per heavy atom. The van der Waals surface area contributed by atoms with E-state index in [1.807, 2.05) is 67.8 Å². The van der Waals surface area contributed by atoms with Gasteiger partial charge in [0.15, 0.2) is 0 Å². The zero-order valence-electron chi connectivity index (χ0n) is 18.3. The molecule has 0 bridgehead atoms. The lowest BCUT2D eigenvalue weighted by molar-refractivity contribution is -0.120. The lowest BCUT2D eigenvalue weighted by atomic mass is 10.0. The molecule has 0 spiro atoms. The number of ether oxygens (including phenoxy) is 1. The number of carbonyl (C=O) groups is 1. The minimum absolute atomic E-state index is 0.0808. The first-order valence-corrected chi connectivity index (χ1v) is 10.6. The number of aliphatic hydroxyl groups excluding tert-OH is 1. The number of hydrogen-bond donors (Lipinski definition) is 1. The molecule has 6 heteroatoms. The summed E-state index contributed by atoms with van der Waals surface area (Å²) in [5.74, 6) is 0.420. The zero-order valence-corrected chi connectivity index (χ0v) is 18.3. The van der Waals surface area contributed by atoms with E-state index in [0.29, 0.717) is 18.9 Å². The maximum Gasteiger partial charge on any atom is 0.248 e. The van der Waals surface area contributed by atoms with Gasteiger partial charge in [0.1, 0.15) is 25.2 Å². The van der Waals surface area contributed by atoms with Crippen LogP contribution < -0.4 is 4.90 Å². The third-order valence-electron chi connectivity index (χ3n) is 5.36. The molecule has 1 heterocycles. The molecule has 6 nitrogen and oxygen atoms in total. The molecule has 0 aliphatic carbocycles. The van der Waals surface area contributed by atoms with E-state index in [4.69, 9.17) is 4.74 Å². The van der Waals surface area contributed by atoms with Crippen molar-refractivity contribution in [2.24, 2.45) is 0 Å². The molecule has 160 valence electrons. The van der Waals surface area contributed by atoms with Gasteiger partial charge in [-0.15, -0.1) is 0 Å². The molecule has 0 aliphatic rings. The lowest BCUT2D eigenvalue weighted by Crippen LogP contribution is -2.37. The van der Waals surface area contributed by atoms with Crippen LogP contribution in [0.3, 0.4) is 0 Å². The molecule has 30 heavy (non-hydrogen) atoms. The fourth-order valence-corrected chi connectivity index (χ4v) is 3.75. The highest BCUT2D eigenvalue weighted by Gasteiger charge is 2.24. The predicted octanol–water partition coefficient (Wildman–Crippen LogP) is 4.38. The van der Waals surface area contributed by atoms with Crippen LogP contribution in [0, 0.1) is 6.92 Å². The first-order chi connectivity index (χ1) is 14.5. The van der Waals surface area contributed by atoms with Crippen LogP contribution in [-0.2, 0) is 22.5 Å². The van der Waals surface area contributed by atoms with E-state index < -0.39 is 6.10 Å². The Kier molecular flexibility index (Phi) is 7.24. The van der Waals surface area contributed by atoms with Crippen LogP contribution in [0.5, 0.6) is 0 Å². The molecule has 0 saturated carbocycles. The van der Waals surface area contributed by atoms with Gasteiger partial charge in [0.05, 0.1) is 16.7 Å². The Balaban J connectivity index is 2.04. The molecule has 0 saturated heterocycles. The summed E-state index contributed by atoms with van der Waals surface area (Å²) < 4.78 is 7.49. The number of amides is 1. The van der Waals surface area contributed by atoms with Crippen molar-refractivity contribution < 1.29 is 14.6 Å². The number of anilines is 1. The normalized spacial score (nSPS) is 12.3. The highest BCUT2D eigenvalue weighted by atomic mass is 16.5. The second kappa shape index (κ2) is 9.87. The first-order valence-electron chi connectivity index (χ1n) is 10.6. The quantitative estimate of drug-likeness (QED) is 0.533. The van der Waals surface area contributed by atoms with Crippen molar-refractivity contribution in [1.29, 1.82) is 0 Å². The molecule has 1 N–H and O–H groups in total. The van der Waals surface area contributed by atoms with E-state index in [9.17, 15) is 9.90 Å². The second-order valence-electron chi connectivity index (χ2n) is 7.35. The van der Waals surface area contributed by atoms with Crippen molar-refractivity contribution in [1.82, 2.24) is 9.55 Å². The Morgan fingerprint density at radius 2 is 1.93 bits per heavy atom. The van der Waals surface area contributed by atoms with Gasteiger partial charge in [-0.1, -0.05) is 44.2 Å². The Morgan fingerprint density at radius 1 is 1.17 bits per heavy atom. The topological polar surface area (TPSA) is 67.6 Å². The average Bonchev–Trinajstić information content (AvgIpc) is 3.12. The number of nitrogens with zero attached hydrogens (tertiary/aromatic N) is 3. The third-order valence-corrected chi connectivity index (χ3v) is 5.36. The summed E-state index contributed by atoms with van der Waals surface area (Å²) >= 11 is 0. The smallest absolute Gasteiger partial charge is 0.248 e. The van der Waals surface area contributed by atoms with Gasteiger partial charge in [-0.05, 0) is 49.9 Å². The van der Waals surface area contributed by atoms with Gasteiger partial charge in [-0.2, -0.15) is 0 Å². The van der Waals surface area contributed by atoms with E-state index in [2.05, 4.69) is 11.9 Å². The SMILES string of the molecule is CCOCN(C(=O)Cn1c([C@@H](O)CC)nc2ccccc21)c1c(C)cccc1CC. The molecular formula is C24H31N3O3. The summed E-state index contributed by atoms with van der Waals surface area (Å²) in [6.07, 6.45) is 0.619. The van der Waals surface area contributed by atoms with E-state index in [0.717, 1.165) is 34.3 Å². The van der Waals surface area contributed by atoms with Gasteiger partial charge in [-0.3, -0.25) is 9.69 Å². The monoisotopic (exact) mass is 409 g/mol. The molecular weight excluding hydrogens is 378 g/mol. The first kappa shape index (κ1) is 22.0. The predicted molar refractivity (Wildman–Crippen MR) is 120 cm³/mol. The van der Waals surface area contributed by atoms with E-state index in [1.54, 1.807) is 4.90 Å². The highest BCUT2D eigenvalue weighted by molar-refractivity contribution is 5.95. The molecule has 3 aromatic rings. The number of fused-ring (bicyclic) bond motifs is 1. The molecule has 1 aromatic heterocycles. The maximum absolute atomic E-state index is 13.6. The van der Waals surface area contributed by atoms with Crippen molar-refractivity contribution in [3.8, 4) is 0 Å². The van der Waals surface area contributed by atoms with Gasteiger partial charge < -0.3 is 14.4 Å². The minimum Gasteiger partial charge on any atom is -0.385 e. The van der Waals surface area contributed by atoms with Crippen LogP contribution in [0.2, 0.25) is 0 Å². The molecule has 0 aliphatic heterocycles. The van der Waals surface area contributed by atoms with E-state index >= 15 is 0 Å². The van der Waals surface area contributed by atoms with Crippen molar-refractivity contribution in [2.45, 2.75) is 53.2 Å². The van der Waals surface area contributed by atoms with Gasteiger partial charge in [0.2, 0.25) is 5.91 Å². The van der Waals surface area contributed by atoms with E-state index in [1.165, 1.54) is 0 Å². The van der Waals surface area contributed by atoms with Crippen molar-refractivity contribution in [3.63, 3.8) is 0 Å². The number of aryl methyl sites for hydroxylation is 2. The third kappa shape index (κ3) is 4.40. The summed E-state index contributed by atoms with van der Waals surface area (Å²) in [7, 11) is 0. The van der Waals surface area contributed by atoms with E-state index in [-0.39, 0.29) is 19.2 Å². The number of rotatable bonds is 9. The Labute approximate surface area is 178 Å². The number of imidazole rings is 1. The summed E-state index contributed by atoms with van der Waals surface area (Å²) in [4.78, 5) is 19.9. The standard InChI is InChI=1S/C24H31N3O3/c1-5-18-12-10-11-17(4)23(18)27(16-30-7-3)22(29)15-26-20-14-9-8-13-19(20)25-24(26)21(28)6-2/h8-14,21,28H,5-7,15-16H2,1-4H3/t21-/m0/s1. The van der Waals surface area contributed by atoms with Gasteiger partial charge >= 0.3 is 0 Å². The van der Waals surface area contributed by atoms with Crippen LogP contribution in [-0.4, -0.2) is 33.9 Å². The number of aromatic nitrogens is 2. The molecule has 0 radical (unpaired) electrons. The number of carbonyl (C=O) groups excluding carboxylic acids is 1. The van der Waals surface area contributed by atoms with Crippen LogP contribution in [0.15, 0.2) is 42.5 Å². The maximum atomic E-state index is 13.6.